The molecule has 120 valence electrons. The van der Waals surface area contributed by atoms with Gasteiger partial charge in [-0.25, -0.2) is 0 Å². The van der Waals surface area contributed by atoms with Crippen molar-refractivity contribution in [3.8, 4) is 11.5 Å². The number of carboxylic acid groups (broad SMARTS) is 1. The van der Waals surface area contributed by atoms with Crippen LogP contribution in [-0.4, -0.2) is 36.7 Å². The van der Waals surface area contributed by atoms with Crippen LogP contribution in [0, 0.1) is 0 Å². The van der Waals surface area contributed by atoms with E-state index in [9.17, 15) is 9.59 Å². The van der Waals surface area contributed by atoms with E-state index in [1.165, 1.54) is 11.3 Å². The third kappa shape index (κ3) is 3.62. The molecular weight excluding hydrogens is 318 g/mol. The molecule has 6 nitrogen and oxygen atoms in total. The van der Waals surface area contributed by atoms with Crippen LogP contribution >= 0.6 is 11.3 Å². The molecule has 0 bridgehead atoms. The van der Waals surface area contributed by atoms with Gasteiger partial charge in [0.25, 0.3) is 5.91 Å². The molecule has 0 radical (unpaired) electrons. The zero-order valence-corrected chi connectivity index (χ0v) is 13.0. The molecule has 0 fully saturated rings. The van der Waals surface area contributed by atoms with Gasteiger partial charge in [0.05, 0.1) is 13.0 Å². The summed E-state index contributed by atoms with van der Waals surface area (Å²) < 4.78 is 11.0. The Morgan fingerprint density at radius 3 is 2.83 bits per heavy atom. The number of hydrogen-bond acceptors (Lipinski definition) is 5. The molecule has 2 aromatic rings. The Morgan fingerprint density at radius 1 is 1.30 bits per heavy atom. The summed E-state index contributed by atoms with van der Waals surface area (Å²) >= 11 is 1.46. The number of amides is 1. The molecule has 0 saturated heterocycles. The molecule has 0 atom stereocenters. The van der Waals surface area contributed by atoms with E-state index in [1.54, 1.807) is 29.2 Å². The SMILES string of the molecule is O=C(O)Cc1ccc(OCCN2C(=O)COc3ccsc32)cc1. The highest BCUT2D eigenvalue weighted by molar-refractivity contribution is 7.14. The Hall–Kier alpha value is -2.54. The molecule has 2 heterocycles. The molecule has 0 unspecified atom stereocenters. The van der Waals surface area contributed by atoms with Gasteiger partial charge < -0.3 is 14.6 Å². The monoisotopic (exact) mass is 333 g/mol. The maximum atomic E-state index is 11.9. The lowest BCUT2D eigenvalue weighted by Crippen LogP contribution is -2.40. The Balaban J connectivity index is 1.55. The van der Waals surface area contributed by atoms with Gasteiger partial charge in [-0.2, -0.15) is 0 Å². The number of carbonyl (C=O) groups is 2. The number of carbonyl (C=O) groups excluding carboxylic acids is 1. The van der Waals surface area contributed by atoms with Crippen LogP contribution in [0.25, 0.3) is 0 Å². The lowest BCUT2D eigenvalue weighted by Gasteiger charge is -2.26. The molecule has 0 spiro atoms. The van der Waals surface area contributed by atoms with Crippen molar-refractivity contribution in [3.63, 3.8) is 0 Å². The van der Waals surface area contributed by atoms with Gasteiger partial charge in [-0.3, -0.25) is 14.5 Å². The van der Waals surface area contributed by atoms with E-state index in [-0.39, 0.29) is 18.9 Å². The van der Waals surface area contributed by atoms with Gasteiger partial charge in [-0.1, -0.05) is 12.1 Å². The second-order valence-electron chi connectivity index (χ2n) is 4.99. The summed E-state index contributed by atoms with van der Waals surface area (Å²) in [6.45, 7) is 0.835. The van der Waals surface area contributed by atoms with Gasteiger partial charge in [0, 0.05) is 0 Å². The highest BCUT2D eigenvalue weighted by Crippen LogP contribution is 2.37. The van der Waals surface area contributed by atoms with Crippen LogP contribution in [0.15, 0.2) is 35.7 Å². The first-order valence-electron chi connectivity index (χ1n) is 7.07. The summed E-state index contributed by atoms with van der Waals surface area (Å²) in [6.07, 6.45) is -0.0102. The molecule has 1 N–H and O–H groups in total. The van der Waals surface area contributed by atoms with Crippen molar-refractivity contribution in [3.05, 3.63) is 41.3 Å². The van der Waals surface area contributed by atoms with Crippen LogP contribution in [0.1, 0.15) is 5.56 Å². The molecule has 1 amide bonds. The number of fused-ring (bicyclic) bond motifs is 1. The zero-order valence-electron chi connectivity index (χ0n) is 12.2. The molecular formula is C16H15NO5S. The fourth-order valence-electron chi connectivity index (χ4n) is 2.29. The van der Waals surface area contributed by atoms with Crippen molar-refractivity contribution in [1.29, 1.82) is 0 Å². The summed E-state index contributed by atoms with van der Waals surface area (Å²) in [5.41, 5.74) is 0.719. The van der Waals surface area contributed by atoms with Gasteiger partial charge in [-0.05, 0) is 29.1 Å². The number of benzene rings is 1. The molecule has 1 aliphatic heterocycles. The average Bonchev–Trinajstić information content (AvgIpc) is 2.99. The number of aliphatic carboxylic acids is 1. The molecule has 1 aromatic heterocycles. The smallest absolute Gasteiger partial charge is 0.307 e. The van der Waals surface area contributed by atoms with Crippen molar-refractivity contribution in [2.24, 2.45) is 0 Å². The van der Waals surface area contributed by atoms with E-state index in [1.807, 2.05) is 11.4 Å². The Kier molecular flexibility index (Phi) is 4.47. The largest absolute Gasteiger partial charge is 0.492 e. The van der Waals surface area contributed by atoms with Crippen molar-refractivity contribution in [2.75, 3.05) is 24.7 Å². The standard InChI is InChI=1S/C16H15NO5S/c18-14-10-22-13-5-8-23-16(13)17(14)6-7-21-12-3-1-11(2-4-12)9-15(19)20/h1-5,8H,6-7,9-10H2,(H,19,20). The lowest BCUT2D eigenvalue weighted by atomic mass is 10.1. The van der Waals surface area contributed by atoms with Crippen LogP contribution in [0.2, 0.25) is 0 Å². The summed E-state index contributed by atoms with van der Waals surface area (Å²) in [7, 11) is 0. The normalized spacial score (nSPS) is 13.4. The Bertz CT molecular complexity index is 710. The molecule has 7 heteroatoms. The summed E-state index contributed by atoms with van der Waals surface area (Å²) in [4.78, 5) is 24.2. The van der Waals surface area contributed by atoms with Gasteiger partial charge in [0.1, 0.15) is 17.4 Å². The summed E-state index contributed by atoms with van der Waals surface area (Å²) in [5, 5.41) is 11.4. The van der Waals surface area contributed by atoms with Crippen LogP contribution in [0.5, 0.6) is 11.5 Å². The summed E-state index contributed by atoms with van der Waals surface area (Å²) in [6, 6.07) is 8.76. The van der Waals surface area contributed by atoms with E-state index >= 15 is 0 Å². The quantitative estimate of drug-likeness (QED) is 0.877. The van der Waals surface area contributed by atoms with Crippen LogP contribution in [-0.2, 0) is 16.0 Å². The molecule has 3 rings (SSSR count). The van der Waals surface area contributed by atoms with E-state index in [0.717, 1.165) is 16.3 Å². The Morgan fingerprint density at radius 2 is 2.09 bits per heavy atom. The van der Waals surface area contributed by atoms with E-state index < -0.39 is 5.97 Å². The van der Waals surface area contributed by atoms with Crippen molar-refractivity contribution in [2.45, 2.75) is 6.42 Å². The van der Waals surface area contributed by atoms with Gasteiger partial charge >= 0.3 is 5.97 Å². The predicted molar refractivity (Wildman–Crippen MR) is 85.4 cm³/mol. The van der Waals surface area contributed by atoms with E-state index in [0.29, 0.717) is 18.9 Å². The topological polar surface area (TPSA) is 76.1 Å². The van der Waals surface area contributed by atoms with E-state index in [4.69, 9.17) is 14.6 Å². The van der Waals surface area contributed by atoms with E-state index in [2.05, 4.69) is 0 Å². The van der Waals surface area contributed by atoms with Gasteiger partial charge in [0.2, 0.25) is 0 Å². The fourth-order valence-corrected chi connectivity index (χ4v) is 3.17. The first-order valence-corrected chi connectivity index (χ1v) is 7.95. The van der Waals surface area contributed by atoms with Crippen LogP contribution in [0.3, 0.4) is 0 Å². The summed E-state index contributed by atoms with van der Waals surface area (Å²) in [5.74, 6) is 0.426. The third-order valence-corrected chi connectivity index (χ3v) is 4.29. The van der Waals surface area contributed by atoms with Crippen LogP contribution in [0.4, 0.5) is 5.00 Å². The molecule has 1 aromatic carbocycles. The van der Waals surface area contributed by atoms with Gasteiger partial charge in [0.15, 0.2) is 12.4 Å². The maximum absolute atomic E-state index is 11.9. The molecule has 0 saturated carbocycles. The number of rotatable bonds is 6. The number of thiophene rings is 1. The first-order chi connectivity index (χ1) is 11.1. The minimum absolute atomic E-state index is 0.0102. The third-order valence-electron chi connectivity index (χ3n) is 3.37. The second kappa shape index (κ2) is 6.70. The molecule has 1 aliphatic rings. The minimum atomic E-state index is -0.865. The minimum Gasteiger partial charge on any atom is -0.492 e. The van der Waals surface area contributed by atoms with Crippen molar-refractivity contribution in [1.82, 2.24) is 0 Å². The number of nitrogens with zero attached hydrogens (tertiary/aromatic N) is 1. The number of ether oxygens (including phenoxy) is 2. The first kappa shape index (κ1) is 15.4. The Labute approximate surface area is 136 Å². The number of carboxylic acids is 1. The molecule has 23 heavy (non-hydrogen) atoms. The zero-order chi connectivity index (χ0) is 16.2. The highest BCUT2D eigenvalue weighted by atomic mass is 32.1. The fraction of sp³-hybridized carbons (Fsp3) is 0.250. The van der Waals surface area contributed by atoms with Crippen molar-refractivity contribution < 1.29 is 24.2 Å². The molecule has 0 aliphatic carbocycles. The van der Waals surface area contributed by atoms with Crippen LogP contribution < -0.4 is 14.4 Å². The second-order valence-corrected chi connectivity index (χ2v) is 5.88. The maximum Gasteiger partial charge on any atom is 0.307 e. The van der Waals surface area contributed by atoms with Crippen molar-refractivity contribution >= 4 is 28.2 Å². The number of anilines is 1. The highest BCUT2D eigenvalue weighted by Gasteiger charge is 2.26. The predicted octanol–water partition coefficient (Wildman–Crippen LogP) is 2.18. The number of hydrogen-bond donors (Lipinski definition) is 1. The average molecular weight is 333 g/mol. The lowest BCUT2D eigenvalue weighted by molar-refractivity contribution is -0.136. The van der Waals surface area contributed by atoms with Gasteiger partial charge in [-0.15, -0.1) is 11.3 Å².